The third-order valence-electron chi connectivity index (χ3n) is 6.54. The molecule has 2 aliphatic heterocycles. The summed E-state index contributed by atoms with van der Waals surface area (Å²) in [5.41, 5.74) is 1.09. The van der Waals surface area contributed by atoms with Gasteiger partial charge in [-0.2, -0.15) is 0 Å². The average Bonchev–Trinajstić information content (AvgIpc) is 3.36. The summed E-state index contributed by atoms with van der Waals surface area (Å²) >= 11 is 0. The van der Waals surface area contributed by atoms with Crippen LogP contribution < -0.4 is 5.32 Å². The molecule has 3 amide bonds. The van der Waals surface area contributed by atoms with Crippen molar-refractivity contribution in [2.75, 3.05) is 26.2 Å². The lowest BCUT2D eigenvalue weighted by Crippen LogP contribution is -2.45. The fraction of sp³-hybridized carbons (Fsp3) is 0.714. The first-order valence-corrected chi connectivity index (χ1v) is 10.7. The Kier molecular flexibility index (Phi) is 5.78. The van der Waals surface area contributed by atoms with Crippen LogP contribution in [-0.2, 0) is 4.79 Å². The van der Waals surface area contributed by atoms with E-state index in [1.807, 2.05) is 24.1 Å². The largest absolute Gasteiger partial charge is 0.339 e. The average molecular weight is 386 g/mol. The number of carbonyl (C=O) groups is 2. The number of amides is 3. The molecular weight excluding hydrogens is 354 g/mol. The van der Waals surface area contributed by atoms with Crippen molar-refractivity contribution in [3.63, 3.8) is 0 Å². The van der Waals surface area contributed by atoms with Crippen LogP contribution in [0.1, 0.15) is 62.4 Å². The molecule has 0 bridgehead atoms. The Morgan fingerprint density at radius 3 is 2.68 bits per heavy atom. The molecule has 0 radical (unpaired) electrons. The van der Waals surface area contributed by atoms with Crippen LogP contribution in [0.2, 0.25) is 0 Å². The van der Waals surface area contributed by atoms with E-state index >= 15 is 0 Å². The van der Waals surface area contributed by atoms with Gasteiger partial charge in [-0.3, -0.25) is 4.79 Å². The van der Waals surface area contributed by atoms with E-state index in [1.54, 1.807) is 0 Å². The van der Waals surface area contributed by atoms with E-state index < -0.39 is 0 Å². The molecule has 1 aromatic rings. The smallest absolute Gasteiger partial charge is 0.317 e. The van der Waals surface area contributed by atoms with Crippen molar-refractivity contribution in [1.29, 1.82) is 0 Å². The maximum absolute atomic E-state index is 12.6. The third-order valence-corrected chi connectivity index (χ3v) is 6.54. The number of nitrogens with zero attached hydrogens (tertiary/aromatic N) is 4. The van der Waals surface area contributed by atoms with Crippen molar-refractivity contribution < 1.29 is 9.59 Å². The Morgan fingerprint density at radius 2 is 1.96 bits per heavy atom. The van der Waals surface area contributed by atoms with Crippen LogP contribution >= 0.6 is 0 Å². The van der Waals surface area contributed by atoms with Gasteiger partial charge in [0.15, 0.2) is 0 Å². The van der Waals surface area contributed by atoms with Gasteiger partial charge in [-0.15, -0.1) is 0 Å². The number of carbonyl (C=O) groups excluding carboxylic acids is 2. The highest BCUT2D eigenvalue weighted by atomic mass is 16.2. The molecule has 0 spiro atoms. The predicted molar refractivity (Wildman–Crippen MR) is 106 cm³/mol. The summed E-state index contributed by atoms with van der Waals surface area (Å²) in [5.74, 6) is 1.72. The minimum Gasteiger partial charge on any atom is -0.339 e. The zero-order chi connectivity index (χ0) is 19.5. The minimum absolute atomic E-state index is 0.00378. The zero-order valence-corrected chi connectivity index (χ0v) is 16.8. The van der Waals surface area contributed by atoms with E-state index in [4.69, 9.17) is 0 Å². The molecule has 1 N–H and O–H groups in total. The van der Waals surface area contributed by atoms with Crippen LogP contribution in [0.3, 0.4) is 0 Å². The van der Waals surface area contributed by atoms with Gasteiger partial charge in [0, 0.05) is 62.4 Å². The number of hydrogen-bond acceptors (Lipinski definition) is 4. The summed E-state index contributed by atoms with van der Waals surface area (Å²) in [5, 5.41) is 3.07. The van der Waals surface area contributed by atoms with Crippen LogP contribution in [0.15, 0.2) is 12.3 Å². The molecular formula is C21H31N5O2. The molecule has 1 unspecified atom stereocenters. The standard InChI is InChI=1S/C21H31N5O2/c1-15-22-9-6-19(24-15)17-7-10-25(11-8-17)21(28)23-13-16-12-20(27)26(14-16)18-4-2-3-5-18/h6,9,16-18H,2-5,7-8,10-14H2,1H3,(H,23,28). The first-order valence-electron chi connectivity index (χ1n) is 10.7. The molecule has 3 aliphatic rings. The van der Waals surface area contributed by atoms with Crippen molar-refractivity contribution >= 4 is 11.9 Å². The Balaban J connectivity index is 1.21. The number of hydrogen-bond donors (Lipinski definition) is 1. The lowest BCUT2D eigenvalue weighted by molar-refractivity contribution is -0.129. The van der Waals surface area contributed by atoms with E-state index in [1.165, 1.54) is 12.8 Å². The summed E-state index contributed by atoms with van der Waals surface area (Å²) in [6.45, 7) is 4.81. The van der Waals surface area contributed by atoms with Crippen LogP contribution in [0.5, 0.6) is 0 Å². The second-order valence-corrected chi connectivity index (χ2v) is 8.53. The molecule has 1 aliphatic carbocycles. The number of piperidine rings is 1. The molecule has 1 atom stereocenters. The van der Waals surface area contributed by atoms with E-state index in [0.29, 0.717) is 24.9 Å². The number of aromatic nitrogens is 2. The first-order chi connectivity index (χ1) is 13.6. The monoisotopic (exact) mass is 385 g/mol. The second kappa shape index (κ2) is 8.45. The minimum atomic E-state index is 0.00378. The summed E-state index contributed by atoms with van der Waals surface area (Å²) in [4.78, 5) is 37.5. The van der Waals surface area contributed by atoms with Crippen molar-refractivity contribution in [1.82, 2.24) is 25.1 Å². The molecule has 1 aromatic heterocycles. The van der Waals surface area contributed by atoms with Gasteiger partial charge < -0.3 is 15.1 Å². The van der Waals surface area contributed by atoms with Crippen LogP contribution in [0.25, 0.3) is 0 Å². The number of aryl methyl sites for hydroxylation is 1. The molecule has 0 aromatic carbocycles. The normalized spacial score (nSPS) is 24.2. The van der Waals surface area contributed by atoms with Gasteiger partial charge in [-0.25, -0.2) is 14.8 Å². The molecule has 2 saturated heterocycles. The van der Waals surface area contributed by atoms with Crippen molar-refractivity contribution in [3.05, 3.63) is 23.8 Å². The molecule has 28 heavy (non-hydrogen) atoms. The highest BCUT2D eigenvalue weighted by Crippen LogP contribution is 2.29. The molecule has 1 saturated carbocycles. The second-order valence-electron chi connectivity index (χ2n) is 8.53. The number of likely N-dealkylation sites (tertiary alicyclic amines) is 2. The summed E-state index contributed by atoms with van der Waals surface area (Å²) in [6, 6.07) is 2.43. The van der Waals surface area contributed by atoms with Crippen LogP contribution in [-0.4, -0.2) is 63.9 Å². The van der Waals surface area contributed by atoms with Gasteiger partial charge in [0.1, 0.15) is 5.82 Å². The molecule has 152 valence electrons. The fourth-order valence-electron chi connectivity index (χ4n) is 4.94. The lowest BCUT2D eigenvalue weighted by atomic mass is 9.93. The number of rotatable bonds is 4. The Hall–Kier alpha value is -2.18. The Morgan fingerprint density at radius 1 is 1.21 bits per heavy atom. The molecule has 7 heteroatoms. The van der Waals surface area contributed by atoms with Crippen molar-refractivity contribution in [2.45, 2.75) is 63.8 Å². The number of urea groups is 1. The van der Waals surface area contributed by atoms with Crippen molar-refractivity contribution in [2.24, 2.45) is 5.92 Å². The van der Waals surface area contributed by atoms with Gasteiger partial charge in [0.25, 0.3) is 0 Å². The highest BCUT2D eigenvalue weighted by Gasteiger charge is 2.35. The van der Waals surface area contributed by atoms with E-state index in [0.717, 1.165) is 56.8 Å². The van der Waals surface area contributed by atoms with Gasteiger partial charge in [-0.05, 0) is 38.7 Å². The maximum Gasteiger partial charge on any atom is 0.317 e. The van der Waals surface area contributed by atoms with Gasteiger partial charge in [-0.1, -0.05) is 12.8 Å². The van der Waals surface area contributed by atoms with Crippen molar-refractivity contribution in [3.8, 4) is 0 Å². The highest BCUT2D eigenvalue weighted by molar-refractivity contribution is 5.79. The fourth-order valence-corrected chi connectivity index (χ4v) is 4.94. The quantitative estimate of drug-likeness (QED) is 0.864. The molecule has 3 fully saturated rings. The van der Waals surface area contributed by atoms with Gasteiger partial charge in [0.2, 0.25) is 5.91 Å². The number of nitrogens with one attached hydrogen (secondary N) is 1. The Bertz CT molecular complexity index is 711. The maximum atomic E-state index is 12.6. The SMILES string of the molecule is Cc1nccc(C2CCN(C(=O)NCC3CC(=O)N(C4CCCC4)C3)CC2)n1. The van der Waals surface area contributed by atoms with Gasteiger partial charge in [0.05, 0.1) is 0 Å². The van der Waals surface area contributed by atoms with Crippen LogP contribution in [0.4, 0.5) is 4.79 Å². The predicted octanol–water partition coefficient (Wildman–Crippen LogP) is 2.47. The Labute approximate surface area is 166 Å². The summed E-state index contributed by atoms with van der Waals surface area (Å²) in [6.07, 6.45) is 9.01. The molecule has 3 heterocycles. The third kappa shape index (κ3) is 4.28. The summed E-state index contributed by atoms with van der Waals surface area (Å²) < 4.78 is 0. The topological polar surface area (TPSA) is 78.4 Å². The van der Waals surface area contributed by atoms with E-state index in [2.05, 4.69) is 20.2 Å². The molecule has 7 nitrogen and oxygen atoms in total. The van der Waals surface area contributed by atoms with E-state index in [9.17, 15) is 9.59 Å². The van der Waals surface area contributed by atoms with Gasteiger partial charge >= 0.3 is 6.03 Å². The zero-order valence-electron chi connectivity index (χ0n) is 16.8. The van der Waals surface area contributed by atoms with Crippen LogP contribution in [0, 0.1) is 12.8 Å². The molecule has 4 rings (SSSR count). The van der Waals surface area contributed by atoms with E-state index in [-0.39, 0.29) is 17.9 Å². The lowest BCUT2D eigenvalue weighted by Gasteiger charge is -2.32. The summed E-state index contributed by atoms with van der Waals surface area (Å²) in [7, 11) is 0. The first kappa shape index (κ1) is 19.2.